The lowest BCUT2D eigenvalue weighted by atomic mass is 9.97. The lowest BCUT2D eigenvalue weighted by Crippen LogP contribution is -2.11. The van der Waals surface area contributed by atoms with Crippen molar-refractivity contribution in [3.8, 4) is 11.1 Å². The summed E-state index contributed by atoms with van der Waals surface area (Å²) in [4.78, 5) is 0. The molecule has 3 heteroatoms. The molecule has 0 radical (unpaired) electrons. The molecule has 0 aliphatic heterocycles. The van der Waals surface area contributed by atoms with Gasteiger partial charge in [-0.15, -0.1) is 0 Å². The number of nitrogens with two attached hydrogens (primary N) is 1. The average Bonchev–Trinajstić information content (AvgIpc) is 2.60. The second-order valence-corrected chi connectivity index (χ2v) is 4.25. The van der Waals surface area contributed by atoms with Gasteiger partial charge in [-0.3, -0.25) is 0 Å². The molecular weight excluding hydrogens is 220 g/mol. The molecule has 1 aliphatic carbocycles. The van der Waals surface area contributed by atoms with Gasteiger partial charge in [-0.05, 0) is 46.5 Å². The van der Waals surface area contributed by atoms with Crippen LogP contribution in [-0.4, -0.2) is 6.54 Å². The van der Waals surface area contributed by atoms with Crippen LogP contribution in [0.5, 0.6) is 0 Å². The Bertz CT molecular complexity index is 541. The van der Waals surface area contributed by atoms with Crippen molar-refractivity contribution >= 4 is 0 Å². The number of benzene rings is 2. The van der Waals surface area contributed by atoms with E-state index in [0.717, 1.165) is 22.3 Å². The largest absolute Gasteiger partial charge is 0.330 e. The second kappa shape index (κ2) is 3.64. The van der Waals surface area contributed by atoms with E-state index >= 15 is 0 Å². The van der Waals surface area contributed by atoms with Crippen LogP contribution in [0.3, 0.4) is 0 Å². The minimum absolute atomic E-state index is 0.105. The Kier molecular flexibility index (Phi) is 2.23. The summed E-state index contributed by atoms with van der Waals surface area (Å²) < 4.78 is 26.5. The fourth-order valence-corrected chi connectivity index (χ4v) is 2.56. The van der Waals surface area contributed by atoms with Gasteiger partial charge in [0.25, 0.3) is 0 Å². The Hall–Kier alpha value is -1.74. The molecule has 0 heterocycles. The highest BCUT2D eigenvalue weighted by Gasteiger charge is 2.28. The van der Waals surface area contributed by atoms with E-state index in [1.165, 1.54) is 24.3 Å². The molecule has 0 saturated heterocycles. The molecule has 0 unspecified atom stereocenters. The van der Waals surface area contributed by atoms with E-state index in [1.54, 1.807) is 12.1 Å². The molecule has 2 N–H and O–H groups in total. The number of hydrogen-bond donors (Lipinski definition) is 1. The van der Waals surface area contributed by atoms with E-state index in [1.807, 2.05) is 0 Å². The van der Waals surface area contributed by atoms with Crippen molar-refractivity contribution in [1.82, 2.24) is 0 Å². The van der Waals surface area contributed by atoms with Crippen molar-refractivity contribution in [2.75, 3.05) is 6.54 Å². The first-order valence-electron chi connectivity index (χ1n) is 5.50. The minimum atomic E-state index is -0.282. The lowest BCUT2D eigenvalue weighted by molar-refractivity contribution is 0.621. The zero-order valence-corrected chi connectivity index (χ0v) is 9.08. The Morgan fingerprint density at radius 2 is 1.35 bits per heavy atom. The van der Waals surface area contributed by atoms with Crippen LogP contribution in [0.2, 0.25) is 0 Å². The first kappa shape index (κ1) is 10.4. The third kappa shape index (κ3) is 1.46. The van der Waals surface area contributed by atoms with E-state index in [9.17, 15) is 8.78 Å². The van der Waals surface area contributed by atoms with Gasteiger partial charge in [0.2, 0.25) is 0 Å². The van der Waals surface area contributed by atoms with Gasteiger partial charge in [-0.2, -0.15) is 0 Å². The topological polar surface area (TPSA) is 26.0 Å². The molecule has 2 aromatic rings. The Labute approximate surface area is 97.9 Å². The molecule has 0 aromatic heterocycles. The predicted octanol–water partition coefficient (Wildman–Crippen LogP) is 3.04. The van der Waals surface area contributed by atoms with Crippen LogP contribution in [0.4, 0.5) is 8.78 Å². The van der Waals surface area contributed by atoms with E-state index in [0.29, 0.717) is 6.54 Å². The molecule has 17 heavy (non-hydrogen) atoms. The van der Waals surface area contributed by atoms with Crippen LogP contribution in [-0.2, 0) is 0 Å². The summed E-state index contributed by atoms with van der Waals surface area (Å²) in [5, 5.41) is 0. The van der Waals surface area contributed by atoms with E-state index in [2.05, 4.69) is 0 Å². The molecule has 2 aromatic carbocycles. The van der Waals surface area contributed by atoms with Gasteiger partial charge in [0.05, 0.1) is 0 Å². The molecule has 0 spiro atoms. The van der Waals surface area contributed by atoms with Crippen molar-refractivity contribution in [2.24, 2.45) is 5.73 Å². The van der Waals surface area contributed by atoms with Crippen LogP contribution in [0.15, 0.2) is 36.4 Å². The van der Waals surface area contributed by atoms with Gasteiger partial charge in [0, 0.05) is 12.5 Å². The summed E-state index contributed by atoms with van der Waals surface area (Å²) in [7, 11) is 0. The van der Waals surface area contributed by atoms with E-state index < -0.39 is 0 Å². The fourth-order valence-electron chi connectivity index (χ4n) is 2.56. The number of rotatable bonds is 1. The highest BCUT2D eigenvalue weighted by molar-refractivity contribution is 5.78. The number of fused-ring (bicyclic) bond motifs is 3. The zero-order chi connectivity index (χ0) is 12.0. The molecule has 0 saturated carbocycles. The first-order chi connectivity index (χ1) is 8.20. The van der Waals surface area contributed by atoms with Crippen molar-refractivity contribution in [3.05, 3.63) is 59.2 Å². The molecular formula is C14H11F2N. The maximum atomic E-state index is 13.3. The summed E-state index contributed by atoms with van der Waals surface area (Å²) in [6.07, 6.45) is 0. The summed E-state index contributed by atoms with van der Waals surface area (Å²) in [6.45, 7) is 0.354. The van der Waals surface area contributed by atoms with Crippen molar-refractivity contribution in [2.45, 2.75) is 5.92 Å². The molecule has 0 amide bonds. The summed E-state index contributed by atoms with van der Waals surface area (Å²) in [5.74, 6) is -0.669. The maximum absolute atomic E-state index is 13.3. The Morgan fingerprint density at radius 3 is 1.76 bits per heavy atom. The quantitative estimate of drug-likeness (QED) is 0.802. The predicted molar refractivity (Wildman–Crippen MR) is 62.7 cm³/mol. The second-order valence-electron chi connectivity index (χ2n) is 4.25. The summed E-state index contributed by atoms with van der Waals surface area (Å²) in [5.41, 5.74) is 9.34. The third-order valence-electron chi connectivity index (χ3n) is 3.30. The van der Waals surface area contributed by atoms with Crippen LogP contribution >= 0.6 is 0 Å². The smallest absolute Gasteiger partial charge is 0.123 e. The van der Waals surface area contributed by atoms with Gasteiger partial charge in [-0.25, -0.2) is 8.78 Å². The van der Waals surface area contributed by atoms with E-state index in [4.69, 9.17) is 5.73 Å². The van der Waals surface area contributed by atoms with Crippen molar-refractivity contribution < 1.29 is 8.78 Å². The van der Waals surface area contributed by atoms with Crippen molar-refractivity contribution in [1.29, 1.82) is 0 Å². The Balaban J connectivity index is 2.28. The van der Waals surface area contributed by atoms with Gasteiger partial charge in [0.1, 0.15) is 11.6 Å². The van der Waals surface area contributed by atoms with Gasteiger partial charge < -0.3 is 5.73 Å². The normalized spacial score (nSPS) is 13.6. The minimum Gasteiger partial charge on any atom is -0.330 e. The zero-order valence-electron chi connectivity index (χ0n) is 9.08. The maximum Gasteiger partial charge on any atom is 0.123 e. The Morgan fingerprint density at radius 1 is 0.882 bits per heavy atom. The highest BCUT2D eigenvalue weighted by Crippen LogP contribution is 2.44. The van der Waals surface area contributed by atoms with Gasteiger partial charge >= 0.3 is 0 Å². The van der Waals surface area contributed by atoms with Gasteiger partial charge in [0.15, 0.2) is 0 Å². The molecule has 0 atom stereocenters. The highest BCUT2D eigenvalue weighted by atomic mass is 19.1. The lowest BCUT2D eigenvalue weighted by Gasteiger charge is -2.10. The standard InChI is InChI=1S/C14H11F2N/c15-8-1-3-10-11-4-2-9(16)6-13(11)14(7-17)12(10)5-8/h1-6,14H,7,17H2. The average molecular weight is 231 g/mol. The number of halogens is 2. The molecule has 3 rings (SSSR count). The molecule has 0 fully saturated rings. The monoisotopic (exact) mass is 231 g/mol. The SMILES string of the molecule is NCC1c2cc(F)ccc2-c2ccc(F)cc21. The number of hydrogen-bond acceptors (Lipinski definition) is 1. The van der Waals surface area contributed by atoms with E-state index in [-0.39, 0.29) is 17.6 Å². The fraction of sp³-hybridized carbons (Fsp3) is 0.143. The van der Waals surface area contributed by atoms with Gasteiger partial charge in [-0.1, -0.05) is 12.1 Å². The van der Waals surface area contributed by atoms with Crippen LogP contribution in [0.1, 0.15) is 17.0 Å². The third-order valence-corrected chi connectivity index (χ3v) is 3.30. The molecule has 86 valence electrons. The molecule has 1 aliphatic rings. The van der Waals surface area contributed by atoms with Crippen LogP contribution in [0.25, 0.3) is 11.1 Å². The van der Waals surface area contributed by atoms with Crippen LogP contribution in [0, 0.1) is 11.6 Å². The molecule has 0 bridgehead atoms. The summed E-state index contributed by atoms with van der Waals surface area (Å²) in [6, 6.07) is 9.29. The van der Waals surface area contributed by atoms with Crippen LogP contribution < -0.4 is 5.73 Å². The first-order valence-corrected chi connectivity index (χ1v) is 5.50. The molecule has 1 nitrogen and oxygen atoms in total. The summed E-state index contributed by atoms with van der Waals surface area (Å²) >= 11 is 0. The van der Waals surface area contributed by atoms with Crippen molar-refractivity contribution in [3.63, 3.8) is 0 Å².